The lowest BCUT2D eigenvalue weighted by Gasteiger charge is -2.15. The molecular formula is C10H12FN3O4S. The van der Waals surface area contributed by atoms with Crippen molar-refractivity contribution in [2.45, 2.75) is 17.4 Å². The molecule has 1 aliphatic rings. The van der Waals surface area contributed by atoms with Crippen LogP contribution >= 0.6 is 0 Å². The fourth-order valence-electron chi connectivity index (χ4n) is 1.92. The van der Waals surface area contributed by atoms with Gasteiger partial charge >= 0.3 is 5.69 Å². The van der Waals surface area contributed by atoms with Crippen LogP contribution < -0.4 is 5.73 Å². The molecule has 0 bridgehead atoms. The number of nitrogens with zero attached hydrogens (tertiary/aromatic N) is 2. The molecule has 0 radical (unpaired) electrons. The highest BCUT2D eigenvalue weighted by molar-refractivity contribution is 7.89. The monoisotopic (exact) mass is 289 g/mol. The van der Waals surface area contributed by atoms with E-state index in [1.165, 1.54) is 0 Å². The number of nitro groups is 1. The molecule has 1 fully saturated rings. The summed E-state index contributed by atoms with van der Waals surface area (Å²) in [6, 6.07) is 2.30. The average Bonchev–Trinajstić information content (AvgIpc) is 2.76. The summed E-state index contributed by atoms with van der Waals surface area (Å²) in [7, 11) is -3.85. The molecule has 1 aromatic rings. The molecule has 2 rings (SSSR count). The van der Waals surface area contributed by atoms with Crippen molar-refractivity contribution < 1.29 is 17.7 Å². The van der Waals surface area contributed by atoms with Crippen molar-refractivity contribution >= 4 is 15.7 Å². The van der Waals surface area contributed by atoms with Gasteiger partial charge in [0.1, 0.15) is 0 Å². The van der Waals surface area contributed by atoms with Crippen LogP contribution in [0.3, 0.4) is 0 Å². The zero-order valence-corrected chi connectivity index (χ0v) is 10.6. The van der Waals surface area contributed by atoms with Crippen molar-refractivity contribution in [3.63, 3.8) is 0 Å². The van der Waals surface area contributed by atoms with Gasteiger partial charge in [-0.1, -0.05) is 0 Å². The Bertz CT molecular complexity index is 619. The molecule has 104 valence electrons. The molecular weight excluding hydrogens is 277 g/mol. The van der Waals surface area contributed by atoms with E-state index >= 15 is 0 Å². The van der Waals surface area contributed by atoms with Gasteiger partial charge in [-0.3, -0.25) is 10.1 Å². The summed E-state index contributed by atoms with van der Waals surface area (Å²) in [5.41, 5.74) is 4.87. The first-order valence-electron chi connectivity index (χ1n) is 5.52. The van der Waals surface area contributed by atoms with Gasteiger partial charge in [-0.2, -0.15) is 8.70 Å². The molecule has 7 nitrogen and oxygen atoms in total. The van der Waals surface area contributed by atoms with Crippen LogP contribution in [0.25, 0.3) is 0 Å². The van der Waals surface area contributed by atoms with Crippen LogP contribution in [-0.2, 0) is 10.0 Å². The zero-order valence-electron chi connectivity index (χ0n) is 9.82. The second-order valence-corrected chi connectivity index (χ2v) is 6.22. The van der Waals surface area contributed by atoms with Crippen LogP contribution in [0.15, 0.2) is 23.1 Å². The Morgan fingerprint density at radius 3 is 2.63 bits per heavy atom. The van der Waals surface area contributed by atoms with Crippen LogP contribution in [-0.4, -0.2) is 36.8 Å². The van der Waals surface area contributed by atoms with E-state index in [1.807, 2.05) is 0 Å². The second kappa shape index (κ2) is 4.83. The van der Waals surface area contributed by atoms with Crippen molar-refractivity contribution in [2.75, 3.05) is 13.1 Å². The van der Waals surface area contributed by atoms with Gasteiger partial charge < -0.3 is 5.73 Å². The Labute approximate surface area is 109 Å². The van der Waals surface area contributed by atoms with Gasteiger partial charge in [0.25, 0.3) is 0 Å². The lowest BCUT2D eigenvalue weighted by Crippen LogP contribution is -2.32. The molecule has 9 heteroatoms. The van der Waals surface area contributed by atoms with Crippen molar-refractivity contribution in [1.82, 2.24) is 4.31 Å². The molecule has 0 aliphatic carbocycles. The molecule has 0 aromatic heterocycles. The SMILES string of the molecule is N[C@H]1CCN(S(=O)(=O)c2ccc([N+](=O)[O-])c(F)c2)C1. The zero-order chi connectivity index (χ0) is 14.2. The summed E-state index contributed by atoms with van der Waals surface area (Å²) >= 11 is 0. The molecule has 19 heavy (non-hydrogen) atoms. The second-order valence-electron chi connectivity index (χ2n) is 4.28. The molecule has 0 spiro atoms. The summed E-state index contributed by atoms with van der Waals surface area (Å²) in [4.78, 5) is 9.26. The van der Waals surface area contributed by atoms with Gasteiger partial charge in [-0.25, -0.2) is 8.42 Å². The third kappa shape index (κ3) is 2.57. The Morgan fingerprint density at radius 2 is 2.16 bits per heavy atom. The minimum absolute atomic E-state index is 0.168. The number of nitro benzene ring substituents is 1. The average molecular weight is 289 g/mol. The maximum Gasteiger partial charge on any atom is 0.304 e. The van der Waals surface area contributed by atoms with Crippen LogP contribution in [0.4, 0.5) is 10.1 Å². The topological polar surface area (TPSA) is 107 Å². The number of hydrogen-bond donors (Lipinski definition) is 1. The molecule has 1 atom stereocenters. The minimum atomic E-state index is -3.85. The van der Waals surface area contributed by atoms with E-state index in [0.717, 1.165) is 16.4 Å². The normalized spacial score (nSPS) is 20.6. The lowest BCUT2D eigenvalue weighted by molar-refractivity contribution is -0.387. The molecule has 0 saturated carbocycles. The predicted octanol–water partition coefficient (Wildman–Crippen LogP) is 0.456. The molecule has 2 N–H and O–H groups in total. The molecule has 1 aromatic carbocycles. The highest BCUT2D eigenvalue weighted by Crippen LogP contribution is 2.25. The van der Waals surface area contributed by atoms with Crippen LogP contribution in [0, 0.1) is 15.9 Å². The number of halogens is 1. The quantitative estimate of drug-likeness (QED) is 0.642. The highest BCUT2D eigenvalue weighted by Gasteiger charge is 2.32. The summed E-state index contributed by atoms with van der Waals surface area (Å²) in [6.07, 6.45) is 0.536. The van der Waals surface area contributed by atoms with E-state index in [-0.39, 0.29) is 24.0 Å². The van der Waals surface area contributed by atoms with Gasteiger partial charge in [-0.15, -0.1) is 0 Å². The standard InChI is InChI=1S/C10H12FN3O4S/c11-9-5-8(1-2-10(9)14(15)16)19(17,18)13-4-3-7(12)6-13/h1-2,5,7H,3-4,6,12H2/t7-/m0/s1. The van der Waals surface area contributed by atoms with Gasteiger partial charge in [0, 0.05) is 31.3 Å². The van der Waals surface area contributed by atoms with E-state index in [9.17, 15) is 22.9 Å². The summed E-state index contributed by atoms with van der Waals surface area (Å²) in [5.74, 6) is -1.17. The van der Waals surface area contributed by atoms with Crippen molar-refractivity contribution in [3.05, 3.63) is 34.1 Å². The number of benzene rings is 1. The van der Waals surface area contributed by atoms with Gasteiger partial charge in [0.05, 0.1) is 9.82 Å². The lowest BCUT2D eigenvalue weighted by atomic mass is 10.3. The highest BCUT2D eigenvalue weighted by atomic mass is 32.2. The smallest absolute Gasteiger partial charge is 0.304 e. The third-order valence-electron chi connectivity index (χ3n) is 2.94. The van der Waals surface area contributed by atoms with Crippen molar-refractivity contribution in [2.24, 2.45) is 5.73 Å². The van der Waals surface area contributed by atoms with Crippen LogP contribution in [0.2, 0.25) is 0 Å². The first-order chi connectivity index (χ1) is 8.82. The Kier molecular flexibility index (Phi) is 3.52. The first-order valence-corrected chi connectivity index (χ1v) is 6.96. The van der Waals surface area contributed by atoms with Gasteiger partial charge in [0.15, 0.2) is 0 Å². The molecule has 0 unspecified atom stereocenters. The summed E-state index contributed by atoms with van der Waals surface area (Å²) in [5, 5.41) is 10.5. The third-order valence-corrected chi connectivity index (χ3v) is 4.80. The number of nitrogens with two attached hydrogens (primary N) is 1. The maximum absolute atomic E-state index is 13.4. The molecule has 1 saturated heterocycles. The number of rotatable bonds is 3. The van der Waals surface area contributed by atoms with E-state index in [0.29, 0.717) is 12.5 Å². The van der Waals surface area contributed by atoms with Gasteiger partial charge in [-0.05, 0) is 12.5 Å². The predicted molar refractivity (Wildman–Crippen MR) is 64.4 cm³/mol. The molecule has 1 heterocycles. The van der Waals surface area contributed by atoms with E-state index in [4.69, 9.17) is 5.73 Å². The maximum atomic E-state index is 13.4. The molecule has 0 amide bonds. The van der Waals surface area contributed by atoms with E-state index in [2.05, 4.69) is 0 Å². The Morgan fingerprint density at radius 1 is 1.47 bits per heavy atom. The first kappa shape index (κ1) is 13.8. The van der Waals surface area contributed by atoms with Crippen molar-refractivity contribution in [3.8, 4) is 0 Å². The summed E-state index contributed by atoms with van der Waals surface area (Å²) < 4.78 is 38.9. The number of sulfonamides is 1. The molecule has 1 aliphatic heterocycles. The van der Waals surface area contributed by atoms with Crippen LogP contribution in [0.1, 0.15) is 6.42 Å². The van der Waals surface area contributed by atoms with Crippen molar-refractivity contribution in [1.29, 1.82) is 0 Å². The van der Waals surface area contributed by atoms with E-state index in [1.54, 1.807) is 0 Å². The Balaban J connectivity index is 2.36. The largest absolute Gasteiger partial charge is 0.326 e. The minimum Gasteiger partial charge on any atom is -0.326 e. The fourth-order valence-corrected chi connectivity index (χ4v) is 3.44. The summed E-state index contributed by atoms with van der Waals surface area (Å²) in [6.45, 7) is 0.434. The van der Waals surface area contributed by atoms with Gasteiger partial charge in [0.2, 0.25) is 15.8 Å². The fraction of sp³-hybridized carbons (Fsp3) is 0.400. The van der Waals surface area contributed by atoms with E-state index < -0.39 is 26.5 Å². The Hall–Kier alpha value is -1.58. The van der Waals surface area contributed by atoms with Crippen LogP contribution in [0.5, 0.6) is 0 Å². The number of hydrogen-bond acceptors (Lipinski definition) is 5.